The molecule has 1 saturated heterocycles. The van der Waals surface area contributed by atoms with Gasteiger partial charge in [0.2, 0.25) is 5.95 Å². The molecule has 2 aromatic carbocycles. The lowest BCUT2D eigenvalue weighted by Gasteiger charge is -2.28. The number of fused-ring (bicyclic) bond motifs is 2. The molecule has 0 amide bonds. The molecular weight excluding hydrogens is 496 g/mol. The molecule has 4 aromatic heterocycles. The first kappa shape index (κ1) is 22.6. The van der Waals surface area contributed by atoms with Crippen LogP contribution in [0.5, 0.6) is 0 Å². The maximum atomic E-state index is 5.48. The third-order valence-electron chi connectivity index (χ3n) is 6.55. The lowest BCUT2D eigenvalue weighted by Crippen LogP contribution is -2.36. The van der Waals surface area contributed by atoms with E-state index >= 15 is 0 Å². The van der Waals surface area contributed by atoms with Crippen molar-refractivity contribution in [3.63, 3.8) is 0 Å². The number of benzene rings is 2. The van der Waals surface area contributed by atoms with Crippen LogP contribution in [-0.4, -0.2) is 50.8 Å². The standard InChI is InChI=1S/C28H24N8OS/c1-2-19-16-21(5-8-24(19)29-10-1)32-28-33-26(25-27(34-28)36(18-30-25)23-9-15-38-17-23)31-20-3-6-22(7-4-20)35-11-13-37-14-12-35/h1-10,15-18H,11-14H2,(H2,31,32,33,34). The summed E-state index contributed by atoms with van der Waals surface area (Å²) in [4.78, 5) is 21.1. The Balaban J connectivity index is 1.25. The molecule has 2 N–H and O–H groups in total. The molecule has 0 radical (unpaired) electrons. The van der Waals surface area contributed by atoms with Crippen LogP contribution >= 0.6 is 11.3 Å². The van der Waals surface area contributed by atoms with Gasteiger partial charge in [-0.1, -0.05) is 6.07 Å². The van der Waals surface area contributed by atoms with Crippen LogP contribution < -0.4 is 15.5 Å². The molecule has 7 rings (SSSR count). The van der Waals surface area contributed by atoms with Gasteiger partial charge in [0, 0.05) is 47.1 Å². The Bertz CT molecular complexity index is 1710. The number of rotatable bonds is 6. The zero-order chi connectivity index (χ0) is 25.3. The maximum Gasteiger partial charge on any atom is 0.231 e. The number of anilines is 5. The molecule has 188 valence electrons. The summed E-state index contributed by atoms with van der Waals surface area (Å²) >= 11 is 1.63. The van der Waals surface area contributed by atoms with Crippen molar-refractivity contribution >= 4 is 62.2 Å². The summed E-state index contributed by atoms with van der Waals surface area (Å²) in [7, 11) is 0. The summed E-state index contributed by atoms with van der Waals surface area (Å²) < 4.78 is 7.46. The lowest BCUT2D eigenvalue weighted by molar-refractivity contribution is 0.122. The van der Waals surface area contributed by atoms with E-state index in [1.165, 1.54) is 5.69 Å². The van der Waals surface area contributed by atoms with Crippen molar-refractivity contribution in [2.24, 2.45) is 0 Å². The van der Waals surface area contributed by atoms with Gasteiger partial charge in [0.15, 0.2) is 17.0 Å². The SMILES string of the molecule is c1cnc2ccc(Nc3nc(Nc4ccc(N5CCOCC5)cc4)c4ncn(-c5ccsc5)c4n3)cc2c1. The van der Waals surface area contributed by atoms with E-state index in [1.54, 1.807) is 23.9 Å². The quantitative estimate of drug-likeness (QED) is 0.287. The van der Waals surface area contributed by atoms with Crippen LogP contribution in [0.15, 0.2) is 83.9 Å². The number of hydrogen-bond acceptors (Lipinski definition) is 9. The van der Waals surface area contributed by atoms with Crippen molar-refractivity contribution in [1.82, 2.24) is 24.5 Å². The molecule has 0 atom stereocenters. The number of ether oxygens (including phenoxy) is 1. The number of nitrogens with zero attached hydrogens (tertiary/aromatic N) is 6. The summed E-state index contributed by atoms with van der Waals surface area (Å²) in [5, 5.41) is 12.0. The van der Waals surface area contributed by atoms with Gasteiger partial charge in [-0.2, -0.15) is 21.3 Å². The van der Waals surface area contributed by atoms with Gasteiger partial charge < -0.3 is 20.3 Å². The summed E-state index contributed by atoms with van der Waals surface area (Å²) in [6.07, 6.45) is 3.59. The number of pyridine rings is 1. The Kier molecular flexibility index (Phi) is 5.80. The first-order chi connectivity index (χ1) is 18.8. The Morgan fingerprint density at radius 1 is 0.842 bits per heavy atom. The highest BCUT2D eigenvalue weighted by molar-refractivity contribution is 7.08. The normalized spacial score (nSPS) is 13.7. The number of aromatic nitrogens is 5. The van der Waals surface area contributed by atoms with Crippen LogP contribution in [0.25, 0.3) is 27.8 Å². The van der Waals surface area contributed by atoms with Crippen LogP contribution in [0, 0.1) is 0 Å². The molecule has 1 aliphatic heterocycles. The predicted molar refractivity (Wildman–Crippen MR) is 152 cm³/mol. The van der Waals surface area contributed by atoms with Crippen LogP contribution in [0.1, 0.15) is 0 Å². The van der Waals surface area contributed by atoms with Gasteiger partial charge in [0.05, 0.1) is 24.4 Å². The predicted octanol–water partition coefficient (Wildman–Crippen LogP) is 5.75. The second-order valence-electron chi connectivity index (χ2n) is 8.97. The summed E-state index contributed by atoms with van der Waals surface area (Å²) in [6.45, 7) is 3.32. The Morgan fingerprint density at radius 2 is 1.71 bits per heavy atom. The second-order valence-corrected chi connectivity index (χ2v) is 9.75. The van der Waals surface area contributed by atoms with Crippen LogP contribution in [0.4, 0.5) is 28.8 Å². The van der Waals surface area contributed by atoms with E-state index in [4.69, 9.17) is 14.7 Å². The first-order valence-electron chi connectivity index (χ1n) is 12.4. The highest BCUT2D eigenvalue weighted by Gasteiger charge is 2.16. The third kappa shape index (κ3) is 4.40. The van der Waals surface area contributed by atoms with Gasteiger partial charge >= 0.3 is 0 Å². The minimum absolute atomic E-state index is 0.477. The van der Waals surface area contributed by atoms with E-state index < -0.39 is 0 Å². The average molecular weight is 521 g/mol. The Labute approximate surface area is 222 Å². The number of nitrogens with one attached hydrogen (secondary N) is 2. The van der Waals surface area contributed by atoms with E-state index in [9.17, 15) is 0 Å². The molecule has 9 nitrogen and oxygen atoms in total. The minimum atomic E-state index is 0.477. The average Bonchev–Trinajstić information content (AvgIpc) is 3.64. The first-order valence-corrected chi connectivity index (χ1v) is 13.3. The fraction of sp³-hybridized carbons (Fsp3) is 0.143. The van der Waals surface area contributed by atoms with Crippen LogP contribution in [0.2, 0.25) is 0 Å². The zero-order valence-electron chi connectivity index (χ0n) is 20.4. The molecule has 10 heteroatoms. The van der Waals surface area contributed by atoms with E-state index in [2.05, 4.69) is 61.2 Å². The smallest absolute Gasteiger partial charge is 0.231 e. The second kappa shape index (κ2) is 9.73. The number of morpholine rings is 1. The zero-order valence-corrected chi connectivity index (χ0v) is 21.2. The fourth-order valence-corrected chi connectivity index (χ4v) is 5.25. The van der Waals surface area contributed by atoms with Gasteiger partial charge in [-0.3, -0.25) is 9.55 Å². The molecule has 1 aliphatic rings. The summed E-state index contributed by atoms with van der Waals surface area (Å²) in [5.74, 6) is 1.11. The Morgan fingerprint density at radius 3 is 2.55 bits per heavy atom. The summed E-state index contributed by atoms with van der Waals surface area (Å²) in [5.41, 5.74) is 6.36. The molecule has 5 heterocycles. The Hall–Kier alpha value is -4.54. The highest BCUT2D eigenvalue weighted by Crippen LogP contribution is 2.29. The largest absolute Gasteiger partial charge is 0.378 e. The molecule has 0 saturated carbocycles. The fourth-order valence-electron chi connectivity index (χ4n) is 4.62. The van der Waals surface area contributed by atoms with E-state index in [1.807, 2.05) is 40.3 Å². The molecule has 0 spiro atoms. The van der Waals surface area contributed by atoms with Crippen molar-refractivity contribution < 1.29 is 4.74 Å². The topological polar surface area (TPSA) is 93.0 Å². The number of thiophene rings is 1. The summed E-state index contributed by atoms with van der Waals surface area (Å²) in [6, 6.07) is 20.4. The third-order valence-corrected chi connectivity index (χ3v) is 7.22. The van der Waals surface area contributed by atoms with Crippen LogP contribution in [0.3, 0.4) is 0 Å². The highest BCUT2D eigenvalue weighted by atomic mass is 32.1. The molecule has 0 unspecified atom stereocenters. The van der Waals surface area contributed by atoms with Gasteiger partial charge in [0.1, 0.15) is 6.33 Å². The van der Waals surface area contributed by atoms with E-state index in [0.29, 0.717) is 17.3 Å². The molecular formula is C28H24N8OS. The van der Waals surface area contributed by atoms with Gasteiger partial charge in [-0.05, 0) is 60.0 Å². The van der Waals surface area contributed by atoms with Gasteiger partial charge in [0.25, 0.3) is 0 Å². The number of hydrogen-bond donors (Lipinski definition) is 2. The molecule has 6 aromatic rings. The van der Waals surface area contributed by atoms with E-state index in [-0.39, 0.29) is 0 Å². The van der Waals surface area contributed by atoms with Gasteiger partial charge in [-0.15, -0.1) is 0 Å². The van der Waals surface area contributed by atoms with Crippen molar-refractivity contribution in [3.05, 3.63) is 83.9 Å². The number of imidazole rings is 1. The molecule has 1 fully saturated rings. The van der Waals surface area contributed by atoms with Crippen LogP contribution in [-0.2, 0) is 4.74 Å². The molecule has 0 bridgehead atoms. The van der Waals surface area contributed by atoms with E-state index in [0.717, 1.165) is 59.9 Å². The van der Waals surface area contributed by atoms with Crippen molar-refractivity contribution in [1.29, 1.82) is 0 Å². The van der Waals surface area contributed by atoms with Crippen molar-refractivity contribution in [2.75, 3.05) is 41.8 Å². The van der Waals surface area contributed by atoms with Crippen molar-refractivity contribution in [3.8, 4) is 5.69 Å². The van der Waals surface area contributed by atoms with Crippen molar-refractivity contribution in [2.45, 2.75) is 0 Å². The monoisotopic (exact) mass is 520 g/mol. The molecule has 38 heavy (non-hydrogen) atoms. The lowest BCUT2D eigenvalue weighted by atomic mass is 10.2. The minimum Gasteiger partial charge on any atom is -0.378 e. The molecule has 0 aliphatic carbocycles. The maximum absolute atomic E-state index is 5.48. The van der Waals surface area contributed by atoms with Gasteiger partial charge in [-0.25, -0.2) is 4.98 Å².